The molecular formula is C20H16ClFN4OS. The maximum absolute atomic E-state index is 14.6. The zero-order chi connectivity index (χ0) is 19.7. The fourth-order valence-corrected chi connectivity index (χ4v) is 4.19. The normalized spacial score (nSPS) is 11.1. The summed E-state index contributed by atoms with van der Waals surface area (Å²) in [5, 5.41) is 13.7. The maximum Gasteiger partial charge on any atom is 0.196 e. The molecule has 0 atom stereocenters. The average molecular weight is 415 g/mol. The minimum absolute atomic E-state index is 0.365. The van der Waals surface area contributed by atoms with E-state index in [0.29, 0.717) is 33.0 Å². The van der Waals surface area contributed by atoms with E-state index in [1.807, 2.05) is 32.0 Å². The summed E-state index contributed by atoms with van der Waals surface area (Å²) >= 11 is 7.80. The first kappa shape index (κ1) is 18.7. The second-order valence-electron chi connectivity index (χ2n) is 6.16. The standard InChI is InChI=1S/C20H16ClFN4OS/c1-12-15(13(2)27-25-12)11-28-20-24-23-19(14-7-3-4-8-16(14)21)26(20)18-10-6-5-9-17(18)22/h3-10H,11H2,1-2H3. The van der Waals surface area contributed by atoms with Gasteiger partial charge in [0.15, 0.2) is 11.0 Å². The van der Waals surface area contributed by atoms with Gasteiger partial charge in [-0.25, -0.2) is 4.39 Å². The van der Waals surface area contributed by atoms with Gasteiger partial charge in [0, 0.05) is 16.9 Å². The molecule has 0 bridgehead atoms. The number of aromatic nitrogens is 4. The van der Waals surface area contributed by atoms with Crippen molar-refractivity contribution in [3.8, 4) is 17.1 Å². The number of halogens is 2. The van der Waals surface area contributed by atoms with Crippen molar-refractivity contribution in [2.24, 2.45) is 0 Å². The number of benzene rings is 2. The highest BCUT2D eigenvalue weighted by Crippen LogP contribution is 2.34. The highest BCUT2D eigenvalue weighted by atomic mass is 35.5. The smallest absolute Gasteiger partial charge is 0.196 e. The zero-order valence-corrected chi connectivity index (χ0v) is 16.8. The number of hydrogen-bond acceptors (Lipinski definition) is 5. The minimum Gasteiger partial charge on any atom is -0.361 e. The number of hydrogen-bond donors (Lipinski definition) is 0. The van der Waals surface area contributed by atoms with Crippen molar-refractivity contribution in [2.45, 2.75) is 24.8 Å². The van der Waals surface area contributed by atoms with E-state index in [1.165, 1.54) is 17.8 Å². The summed E-state index contributed by atoms with van der Waals surface area (Å²) in [6, 6.07) is 13.8. The quantitative estimate of drug-likeness (QED) is 0.396. The number of nitrogens with zero attached hydrogens (tertiary/aromatic N) is 4. The van der Waals surface area contributed by atoms with Crippen molar-refractivity contribution in [1.82, 2.24) is 19.9 Å². The van der Waals surface area contributed by atoms with Gasteiger partial charge < -0.3 is 4.52 Å². The summed E-state index contributed by atoms with van der Waals surface area (Å²) < 4.78 is 21.5. The lowest BCUT2D eigenvalue weighted by Gasteiger charge is -2.12. The summed E-state index contributed by atoms with van der Waals surface area (Å²) in [6.45, 7) is 3.76. The fourth-order valence-electron chi connectivity index (χ4n) is 2.88. The van der Waals surface area contributed by atoms with E-state index in [4.69, 9.17) is 16.1 Å². The Hall–Kier alpha value is -2.64. The molecule has 0 unspecified atom stereocenters. The van der Waals surface area contributed by atoms with Crippen molar-refractivity contribution >= 4 is 23.4 Å². The maximum atomic E-state index is 14.6. The predicted octanol–water partition coefficient (Wildman–Crippen LogP) is 5.62. The molecule has 8 heteroatoms. The molecule has 0 radical (unpaired) electrons. The summed E-state index contributed by atoms with van der Waals surface area (Å²) in [5.41, 5.74) is 2.87. The molecule has 0 spiro atoms. The Labute approximate surface area is 170 Å². The number of para-hydroxylation sites is 1. The molecular weight excluding hydrogens is 399 g/mol. The van der Waals surface area contributed by atoms with E-state index in [-0.39, 0.29) is 5.82 Å². The van der Waals surface area contributed by atoms with Crippen LogP contribution in [0.4, 0.5) is 4.39 Å². The number of rotatable bonds is 5. The first-order valence-electron chi connectivity index (χ1n) is 8.56. The molecule has 0 N–H and O–H groups in total. The first-order chi connectivity index (χ1) is 13.6. The van der Waals surface area contributed by atoms with E-state index < -0.39 is 0 Å². The molecule has 5 nitrogen and oxygen atoms in total. The Morgan fingerprint density at radius 3 is 2.54 bits per heavy atom. The minimum atomic E-state index is -0.366. The SMILES string of the molecule is Cc1noc(C)c1CSc1nnc(-c2ccccc2Cl)n1-c1ccccc1F. The fraction of sp³-hybridized carbons (Fsp3) is 0.150. The van der Waals surface area contributed by atoms with E-state index >= 15 is 0 Å². The molecule has 28 heavy (non-hydrogen) atoms. The van der Waals surface area contributed by atoms with Crippen molar-refractivity contribution in [3.05, 3.63) is 76.4 Å². The Morgan fingerprint density at radius 2 is 1.82 bits per heavy atom. The molecule has 0 amide bonds. The van der Waals surface area contributed by atoms with Gasteiger partial charge in [-0.2, -0.15) is 0 Å². The lowest BCUT2D eigenvalue weighted by Crippen LogP contribution is -2.03. The molecule has 0 fully saturated rings. The van der Waals surface area contributed by atoms with Crippen molar-refractivity contribution in [1.29, 1.82) is 0 Å². The van der Waals surface area contributed by atoms with Crippen LogP contribution >= 0.6 is 23.4 Å². The van der Waals surface area contributed by atoms with Gasteiger partial charge in [0.1, 0.15) is 11.6 Å². The highest BCUT2D eigenvalue weighted by Gasteiger charge is 2.21. The molecule has 0 aliphatic rings. The van der Waals surface area contributed by atoms with Crippen LogP contribution in [0.15, 0.2) is 58.2 Å². The van der Waals surface area contributed by atoms with Crippen LogP contribution in [-0.4, -0.2) is 19.9 Å². The van der Waals surface area contributed by atoms with E-state index in [2.05, 4.69) is 15.4 Å². The van der Waals surface area contributed by atoms with Gasteiger partial charge >= 0.3 is 0 Å². The van der Waals surface area contributed by atoms with E-state index in [1.54, 1.807) is 28.8 Å². The number of thioether (sulfide) groups is 1. The van der Waals surface area contributed by atoms with E-state index in [9.17, 15) is 4.39 Å². The molecule has 4 aromatic rings. The number of aryl methyl sites for hydroxylation is 2. The van der Waals surface area contributed by atoms with Crippen LogP contribution in [0.25, 0.3) is 17.1 Å². The topological polar surface area (TPSA) is 56.7 Å². The molecule has 4 rings (SSSR count). The van der Waals surface area contributed by atoms with Gasteiger partial charge in [0.2, 0.25) is 0 Å². The second kappa shape index (κ2) is 7.77. The van der Waals surface area contributed by atoms with Crippen LogP contribution in [0.1, 0.15) is 17.0 Å². The summed E-state index contributed by atoms with van der Waals surface area (Å²) in [5.74, 6) is 1.45. The first-order valence-corrected chi connectivity index (χ1v) is 9.92. The van der Waals surface area contributed by atoms with Gasteiger partial charge in [-0.3, -0.25) is 4.57 Å². The summed E-state index contributed by atoms with van der Waals surface area (Å²) in [7, 11) is 0. The Morgan fingerprint density at radius 1 is 1.07 bits per heavy atom. The van der Waals surface area contributed by atoms with Gasteiger partial charge in [0.05, 0.1) is 16.4 Å². The van der Waals surface area contributed by atoms with Crippen molar-refractivity contribution in [2.75, 3.05) is 0 Å². The lowest BCUT2D eigenvalue weighted by atomic mass is 10.2. The molecule has 0 saturated heterocycles. The monoisotopic (exact) mass is 414 g/mol. The van der Waals surface area contributed by atoms with Crippen LogP contribution in [0, 0.1) is 19.7 Å². The Bertz CT molecular complexity index is 1120. The second-order valence-corrected chi connectivity index (χ2v) is 7.51. The Balaban J connectivity index is 1.81. The predicted molar refractivity (Wildman–Crippen MR) is 107 cm³/mol. The molecule has 2 aromatic heterocycles. The van der Waals surface area contributed by atoms with Gasteiger partial charge in [-0.05, 0) is 38.1 Å². The van der Waals surface area contributed by atoms with Gasteiger partial charge in [0.25, 0.3) is 0 Å². The third-order valence-corrected chi connectivity index (χ3v) is 5.65. The molecule has 0 aliphatic carbocycles. The summed E-state index contributed by atoms with van der Waals surface area (Å²) in [4.78, 5) is 0. The zero-order valence-electron chi connectivity index (χ0n) is 15.2. The van der Waals surface area contributed by atoms with Crippen molar-refractivity contribution in [3.63, 3.8) is 0 Å². The lowest BCUT2D eigenvalue weighted by molar-refractivity contribution is 0.392. The molecule has 0 aliphatic heterocycles. The molecule has 2 heterocycles. The van der Waals surface area contributed by atoms with Crippen LogP contribution in [0.5, 0.6) is 0 Å². The third kappa shape index (κ3) is 3.43. The Kier molecular flexibility index (Phi) is 5.19. The average Bonchev–Trinajstić information content (AvgIpc) is 3.24. The van der Waals surface area contributed by atoms with Crippen LogP contribution in [0.3, 0.4) is 0 Å². The summed E-state index contributed by atoms with van der Waals surface area (Å²) in [6.07, 6.45) is 0. The molecule has 0 saturated carbocycles. The third-order valence-electron chi connectivity index (χ3n) is 4.37. The van der Waals surface area contributed by atoms with Crippen molar-refractivity contribution < 1.29 is 8.91 Å². The molecule has 142 valence electrons. The van der Waals surface area contributed by atoms with Gasteiger partial charge in [-0.1, -0.05) is 52.8 Å². The highest BCUT2D eigenvalue weighted by molar-refractivity contribution is 7.98. The molecule has 2 aromatic carbocycles. The van der Waals surface area contributed by atoms with E-state index in [0.717, 1.165) is 17.0 Å². The van der Waals surface area contributed by atoms with Crippen LogP contribution in [-0.2, 0) is 5.75 Å². The van der Waals surface area contributed by atoms with Crippen LogP contribution < -0.4 is 0 Å². The largest absolute Gasteiger partial charge is 0.361 e. The van der Waals surface area contributed by atoms with Gasteiger partial charge in [-0.15, -0.1) is 10.2 Å². The van der Waals surface area contributed by atoms with Crippen LogP contribution in [0.2, 0.25) is 5.02 Å².